The number of nitrogens with zero attached hydrogens (tertiary/aromatic N) is 2. The second kappa shape index (κ2) is 7.57. The van der Waals surface area contributed by atoms with Crippen molar-refractivity contribution < 1.29 is 13.3 Å². The fourth-order valence-electron chi connectivity index (χ4n) is 2.95. The zero-order valence-electron chi connectivity index (χ0n) is 13.4. The molecule has 0 bridgehead atoms. The molecule has 130 valence electrons. The van der Waals surface area contributed by atoms with E-state index in [1.807, 2.05) is 7.05 Å². The second-order valence-corrected chi connectivity index (χ2v) is 7.51. The molecule has 1 saturated heterocycles. The number of halogens is 1. The summed E-state index contributed by atoms with van der Waals surface area (Å²) in [6.07, 6.45) is 1.53. The molecule has 9 heteroatoms. The number of hydrogen-bond donors (Lipinski definition) is 1. The molecule has 0 aliphatic carbocycles. The van der Waals surface area contributed by atoms with Crippen LogP contribution < -0.4 is 5.32 Å². The molecular formula is C14H22ClN3O4S. The van der Waals surface area contributed by atoms with Crippen molar-refractivity contribution in [3.63, 3.8) is 0 Å². The first-order valence-corrected chi connectivity index (χ1v) is 8.64. The molecule has 2 rings (SSSR count). The highest BCUT2D eigenvalue weighted by molar-refractivity contribution is 7.89. The maximum atomic E-state index is 12.8. The van der Waals surface area contributed by atoms with Crippen LogP contribution >= 0.6 is 12.4 Å². The Morgan fingerprint density at radius 3 is 2.09 bits per heavy atom. The Morgan fingerprint density at radius 2 is 1.70 bits per heavy atom. The van der Waals surface area contributed by atoms with E-state index < -0.39 is 14.9 Å². The number of aryl methyl sites for hydroxylation is 2. The SMILES string of the molecule is CNC1CCN(S(=O)(=O)c2c(C)cc([N+](=O)[O-])cc2C)CC1.Cl. The van der Waals surface area contributed by atoms with Crippen LogP contribution in [-0.2, 0) is 10.0 Å². The van der Waals surface area contributed by atoms with E-state index in [0.29, 0.717) is 30.3 Å². The van der Waals surface area contributed by atoms with Gasteiger partial charge in [0.15, 0.2) is 0 Å². The molecule has 1 fully saturated rings. The number of nitro groups is 1. The summed E-state index contributed by atoms with van der Waals surface area (Å²) in [5.74, 6) is 0. The summed E-state index contributed by atoms with van der Waals surface area (Å²) in [5.41, 5.74) is 0.757. The van der Waals surface area contributed by atoms with Gasteiger partial charge in [-0.15, -0.1) is 12.4 Å². The molecule has 0 amide bonds. The minimum atomic E-state index is -3.61. The molecule has 1 aliphatic rings. The van der Waals surface area contributed by atoms with Crippen molar-refractivity contribution in [3.8, 4) is 0 Å². The summed E-state index contributed by atoms with van der Waals surface area (Å²) in [7, 11) is -1.74. The molecule has 0 unspecified atom stereocenters. The van der Waals surface area contributed by atoms with Crippen molar-refractivity contribution in [1.29, 1.82) is 0 Å². The first kappa shape index (κ1) is 19.8. The quantitative estimate of drug-likeness (QED) is 0.652. The fraction of sp³-hybridized carbons (Fsp3) is 0.571. The van der Waals surface area contributed by atoms with E-state index >= 15 is 0 Å². The van der Waals surface area contributed by atoms with E-state index in [2.05, 4.69) is 5.32 Å². The lowest BCUT2D eigenvalue weighted by molar-refractivity contribution is -0.385. The van der Waals surface area contributed by atoms with Crippen LogP contribution in [0, 0.1) is 24.0 Å². The van der Waals surface area contributed by atoms with Gasteiger partial charge in [-0.3, -0.25) is 10.1 Å². The Kier molecular flexibility index (Phi) is 6.52. The average Bonchev–Trinajstić information content (AvgIpc) is 2.46. The Hall–Kier alpha value is -1.22. The summed E-state index contributed by atoms with van der Waals surface area (Å²) in [6, 6.07) is 2.98. The van der Waals surface area contributed by atoms with Crippen molar-refractivity contribution >= 4 is 28.1 Å². The van der Waals surface area contributed by atoms with Gasteiger partial charge in [-0.25, -0.2) is 8.42 Å². The number of sulfonamides is 1. The van der Waals surface area contributed by atoms with Crippen LogP contribution in [0.2, 0.25) is 0 Å². The van der Waals surface area contributed by atoms with E-state index in [9.17, 15) is 18.5 Å². The Bertz CT molecular complexity index is 662. The number of piperidine rings is 1. The summed E-state index contributed by atoms with van der Waals surface area (Å²) >= 11 is 0. The van der Waals surface area contributed by atoms with Crippen molar-refractivity contribution in [2.24, 2.45) is 0 Å². The van der Waals surface area contributed by atoms with Gasteiger partial charge >= 0.3 is 0 Å². The Labute approximate surface area is 142 Å². The van der Waals surface area contributed by atoms with Crippen LogP contribution in [0.4, 0.5) is 5.69 Å². The fourth-order valence-corrected chi connectivity index (χ4v) is 4.83. The lowest BCUT2D eigenvalue weighted by Crippen LogP contribution is -2.44. The summed E-state index contributed by atoms with van der Waals surface area (Å²) in [5, 5.41) is 14.0. The molecule has 1 aromatic rings. The highest BCUT2D eigenvalue weighted by Gasteiger charge is 2.32. The first-order valence-electron chi connectivity index (χ1n) is 7.20. The minimum Gasteiger partial charge on any atom is -0.317 e. The maximum Gasteiger partial charge on any atom is 0.270 e. The number of hydrogen-bond acceptors (Lipinski definition) is 5. The molecule has 23 heavy (non-hydrogen) atoms. The van der Waals surface area contributed by atoms with E-state index in [1.54, 1.807) is 13.8 Å². The smallest absolute Gasteiger partial charge is 0.270 e. The van der Waals surface area contributed by atoms with Crippen molar-refractivity contribution in [1.82, 2.24) is 9.62 Å². The molecule has 1 aromatic carbocycles. The van der Waals surface area contributed by atoms with Gasteiger partial charge in [-0.1, -0.05) is 0 Å². The van der Waals surface area contributed by atoms with Crippen LogP contribution in [0.3, 0.4) is 0 Å². The van der Waals surface area contributed by atoms with Crippen LogP contribution in [0.25, 0.3) is 0 Å². The standard InChI is InChI=1S/C14H21N3O4S.ClH/c1-10-8-13(17(18)19)9-11(2)14(10)22(20,21)16-6-4-12(15-3)5-7-16;/h8-9,12,15H,4-7H2,1-3H3;1H. The predicted octanol–water partition coefficient (Wildman–Crippen LogP) is 2.01. The molecule has 1 N–H and O–H groups in total. The van der Waals surface area contributed by atoms with Crippen LogP contribution in [0.1, 0.15) is 24.0 Å². The van der Waals surface area contributed by atoms with Crippen molar-refractivity contribution in [2.45, 2.75) is 37.6 Å². The van der Waals surface area contributed by atoms with Crippen LogP contribution in [0.15, 0.2) is 17.0 Å². The lowest BCUT2D eigenvalue weighted by atomic mass is 10.1. The molecule has 0 spiro atoms. The van der Waals surface area contributed by atoms with Crippen molar-refractivity contribution in [3.05, 3.63) is 33.4 Å². The van der Waals surface area contributed by atoms with Gasteiger partial charge < -0.3 is 5.32 Å². The Balaban J connectivity index is 0.00000264. The summed E-state index contributed by atoms with van der Waals surface area (Å²) in [6.45, 7) is 4.13. The summed E-state index contributed by atoms with van der Waals surface area (Å²) < 4.78 is 27.2. The van der Waals surface area contributed by atoms with E-state index in [0.717, 1.165) is 12.8 Å². The molecule has 0 aromatic heterocycles. The molecule has 0 radical (unpaired) electrons. The molecule has 1 heterocycles. The number of non-ortho nitro benzene ring substituents is 1. The zero-order valence-corrected chi connectivity index (χ0v) is 15.0. The molecule has 1 aliphatic heterocycles. The Morgan fingerprint density at radius 1 is 1.22 bits per heavy atom. The number of nitro benzene ring substituents is 1. The predicted molar refractivity (Wildman–Crippen MR) is 90.7 cm³/mol. The highest BCUT2D eigenvalue weighted by Crippen LogP contribution is 2.29. The van der Waals surface area contributed by atoms with Crippen LogP contribution in [0.5, 0.6) is 0 Å². The monoisotopic (exact) mass is 363 g/mol. The van der Waals surface area contributed by atoms with Gasteiger partial charge in [-0.05, 0) is 44.9 Å². The number of nitrogens with one attached hydrogen (secondary N) is 1. The normalized spacial score (nSPS) is 16.8. The van der Waals surface area contributed by atoms with E-state index in [1.165, 1.54) is 16.4 Å². The lowest BCUT2D eigenvalue weighted by Gasteiger charge is -2.31. The summed E-state index contributed by atoms with van der Waals surface area (Å²) in [4.78, 5) is 10.6. The van der Waals surface area contributed by atoms with Gasteiger partial charge in [0.2, 0.25) is 10.0 Å². The molecule has 0 atom stereocenters. The van der Waals surface area contributed by atoms with Crippen LogP contribution in [-0.4, -0.2) is 43.8 Å². The topological polar surface area (TPSA) is 92.6 Å². The third-order valence-corrected chi connectivity index (χ3v) is 6.32. The highest BCUT2D eigenvalue weighted by atomic mass is 35.5. The van der Waals surface area contributed by atoms with Gasteiger partial charge in [0, 0.05) is 31.3 Å². The zero-order chi connectivity index (χ0) is 16.5. The first-order chi connectivity index (χ1) is 10.3. The minimum absolute atomic E-state index is 0. The molecule has 7 nitrogen and oxygen atoms in total. The van der Waals surface area contributed by atoms with E-state index in [4.69, 9.17) is 0 Å². The van der Waals surface area contributed by atoms with E-state index in [-0.39, 0.29) is 23.0 Å². The van der Waals surface area contributed by atoms with Gasteiger partial charge in [-0.2, -0.15) is 4.31 Å². The third-order valence-electron chi connectivity index (χ3n) is 4.12. The van der Waals surface area contributed by atoms with Gasteiger partial charge in [0.05, 0.1) is 9.82 Å². The number of rotatable bonds is 4. The maximum absolute atomic E-state index is 12.8. The molecule has 0 saturated carbocycles. The molecular weight excluding hydrogens is 342 g/mol. The van der Waals surface area contributed by atoms with Crippen molar-refractivity contribution in [2.75, 3.05) is 20.1 Å². The van der Waals surface area contributed by atoms with Gasteiger partial charge in [0.25, 0.3) is 5.69 Å². The van der Waals surface area contributed by atoms with Gasteiger partial charge in [0.1, 0.15) is 0 Å². The average molecular weight is 364 g/mol. The number of benzene rings is 1. The third kappa shape index (κ3) is 4.00. The second-order valence-electron chi connectivity index (χ2n) is 5.63. The largest absolute Gasteiger partial charge is 0.317 e.